The van der Waals surface area contributed by atoms with Gasteiger partial charge in [0.2, 0.25) is 0 Å². The third kappa shape index (κ3) is 3.27. The van der Waals surface area contributed by atoms with Gasteiger partial charge < -0.3 is 5.32 Å². The number of aryl methyl sites for hydroxylation is 2. The van der Waals surface area contributed by atoms with Crippen molar-refractivity contribution in [3.8, 4) is 0 Å². The van der Waals surface area contributed by atoms with Crippen molar-refractivity contribution in [1.82, 2.24) is 23.8 Å². The predicted molar refractivity (Wildman–Crippen MR) is 85.0 cm³/mol. The largest absolute Gasteiger partial charge is 0.309 e. The summed E-state index contributed by atoms with van der Waals surface area (Å²) in [6.45, 7) is 8.14. The van der Waals surface area contributed by atoms with E-state index in [-0.39, 0.29) is 6.04 Å². The van der Waals surface area contributed by atoms with Gasteiger partial charge in [0.05, 0.1) is 45.5 Å². The number of rotatable bonds is 7. The summed E-state index contributed by atoms with van der Waals surface area (Å²) in [5, 5.41) is 8.13. The van der Waals surface area contributed by atoms with Crippen LogP contribution in [-0.2, 0) is 19.4 Å². The summed E-state index contributed by atoms with van der Waals surface area (Å²) in [7, 11) is 0. The first kappa shape index (κ1) is 15.6. The first-order valence-electron chi connectivity index (χ1n) is 6.96. The molecule has 1 unspecified atom stereocenters. The van der Waals surface area contributed by atoms with Gasteiger partial charge in [0.1, 0.15) is 0 Å². The predicted octanol–water partition coefficient (Wildman–Crippen LogP) is 2.97. The highest BCUT2D eigenvalue weighted by Gasteiger charge is 2.20. The Morgan fingerprint density at radius 2 is 2.20 bits per heavy atom. The lowest BCUT2D eigenvalue weighted by Crippen LogP contribution is -2.24. The van der Waals surface area contributed by atoms with Crippen LogP contribution >= 0.6 is 27.7 Å². The smallest absolute Gasteiger partial charge is 0.0916 e. The maximum absolute atomic E-state index is 4.65. The zero-order valence-corrected chi connectivity index (χ0v) is 14.5. The van der Waals surface area contributed by atoms with Crippen molar-refractivity contribution in [3.63, 3.8) is 0 Å². The Bertz CT molecular complexity index is 537. The zero-order valence-electron chi connectivity index (χ0n) is 12.1. The molecular formula is C13H20BrN5S. The topological polar surface area (TPSA) is 55.6 Å². The summed E-state index contributed by atoms with van der Waals surface area (Å²) in [4.78, 5) is 0. The van der Waals surface area contributed by atoms with E-state index in [0.29, 0.717) is 0 Å². The van der Waals surface area contributed by atoms with Crippen molar-refractivity contribution in [3.05, 3.63) is 27.8 Å². The van der Waals surface area contributed by atoms with Crippen molar-refractivity contribution in [2.75, 3.05) is 6.54 Å². The van der Waals surface area contributed by atoms with E-state index in [9.17, 15) is 0 Å². The molecule has 2 aromatic heterocycles. The Morgan fingerprint density at radius 3 is 2.75 bits per heavy atom. The monoisotopic (exact) mass is 357 g/mol. The second-order valence-electron chi connectivity index (χ2n) is 4.52. The van der Waals surface area contributed by atoms with Crippen molar-refractivity contribution >= 4 is 27.7 Å². The molecule has 20 heavy (non-hydrogen) atoms. The first-order chi connectivity index (χ1) is 9.71. The minimum atomic E-state index is 0.182. The summed E-state index contributed by atoms with van der Waals surface area (Å²) in [6.07, 6.45) is 3.64. The zero-order chi connectivity index (χ0) is 14.5. The van der Waals surface area contributed by atoms with Crippen LogP contribution in [0.15, 0.2) is 10.7 Å². The molecule has 2 rings (SSSR count). The molecule has 5 nitrogen and oxygen atoms in total. The third-order valence-electron chi connectivity index (χ3n) is 3.28. The summed E-state index contributed by atoms with van der Waals surface area (Å²) < 4.78 is 11.7. The van der Waals surface area contributed by atoms with Crippen molar-refractivity contribution < 1.29 is 0 Å². The summed E-state index contributed by atoms with van der Waals surface area (Å²) >= 11 is 4.96. The Labute approximate surface area is 132 Å². The molecule has 0 bridgehead atoms. The molecule has 0 saturated carbocycles. The van der Waals surface area contributed by atoms with Gasteiger partial charge in [0, 0.05) is 13.0 Å². The Hall–Kier alpha value is -0.790. The molecule has 7 heteroatoms. The van der Waals surface area contributed by atoms with Gasteiger partial charge in [-0.25, -0.2) is 0 Å². The van der Waals surface area contributed by atoms with E-state index >= 15 is 0 Å². The molecular weight excluding hydrogens is 338 g/mol. The number of nitrogens with one attached hydrogen (secondary N) is 1. The van der Waals surface area contributed by atoms with Crippen LogP contribution in [0.4, 0.5) is 0 Å². The standard InChI is InChI=1S/C13H20BrN5S/c1-4-9-13(14)12(19(6-3)17-9)7-10(15-5-2)11-8-16-20-18-11/h8,10,15H,4-7H2,1-3H3. The molecule has 0 fully saturated rings. The number of aromatic nitrogens is 4. The van der Waals surface area contributed by atoms with Gasteiger partial charge in [-0.3, -0.25) is 4.68 Å². The first-order valence-corrected chi connectivity index (χ1v) is 8.48. The van der Waals surface area contributed by atoms with Crippen LogP contribution in [0.3, 0.4) is 0 Å². The molecule has 0 radical (unpaired) electrons. The van der Waals surface area contributed by atoms with Crippen molar-refractivity contribution in [1.29, 1.82) is 0 Å². The summed E-state index contributed by atoms with van der Waals surface area (Å²) in [6, 6.07) is 0.182. The van der Waals surface area contributed by atoms with Crippen LogP contribution in [0.5, 0.6) is 0 Å². The van der Waals surface area contributed by atoms with E-state index < -0.39 is 0 Å². The molecule has 0 spiro atoms. The van der Waals surface area contributed by atoms with Crippen LogP contribution in [0.25, 0.3) is 0 Å². The molecule has 1 N–H and O–H groups in total. The number of nitrogens with zero attached hydrogens (tertiary/aromatic N) is 4. The van der Waals surface area contributed by atoms with Gasteiger partial charge in [-0.05, 0) is 35.8 Å². The quantitative estimate of drug-likeness (QED) is 0.827. The van der Waals surface area contributed by atoms with Crippen molar-refractivity contribution in [2.24, 2.45) is 0 Å². The minimum Gasteiger partial charge on any atom is -0.309 e. The van der Waals surface area contributed by atoms with Gasteiger partial charge >= 0.3 is 0 Å². The summed E-state index contributed by atoms with van der Waals surface area (Å²) in [5.74, 6) is 0. The summed E-state index contributed by atoms with van der Waals surface area (Å²) in [5.41, 5.74) is 3.35. The van der Waals surface area contributed by atoms with E-state index in [1.807, 2.05) is 6.20 Å². The molecule has 0 aromatic carbocycles. The third-order valence-corrected chi connectivity index (χ3v) is 4.69. The Kier molecular flexibility index (Phi) is 5.68. The van der Waals surface area contributed by atoms with E-state index in [2.05, 4.69) is 60.5 Å². The highest BCUT2D eigenvalue weighted by atomic mass is 79.9. The van der Waals surface area contributed by atoms with Crippen LogP contribution < -0.4 is 5.32 Å². The molecule has 0 saturated heterocycles. The SMILES string of the molecule is CCNC(Cc1c(Br)c(CC)nn1CC)c1cnsn1. The molecule has 0 aliphatic heterocycles. The van der Waals surface area contributed by atoms with Gasteiger partial charge in [-0.15, -0.1) is 0 Å². The fourth-order valence-electron chi connectivity index (χ4n) is 2.26. The number of hydrogen-bond donors (Lipinski definition) is 1. The van der Waals surface area contributed by atoms with Crippen LogP contribution in [-0.4, -0.2) is 25.1 Å². The second-order valence-corrected chi connectivity index (χ2v) is 5.87. The molecule has 2 aromatic rings. The van der Waals surface area contributed by atoms with Crippen LogP contribution in [0.2, 0.25) is 0 Å². The second kappa shape index (κ2) is 7.28. The van der Waals surface area contributed by atoms with E-state index in [0.717, 1.165) is 41.8 Å². The lowest BCUT2D eigenvalue weighted by molar-refractivity contribution is 0.508. The van der Waals surface area contributed by atoms with Gasteiger partial charge in [0.25, 0.3) is 0 Å². The molecule has 0 aliphatic carbocycles. The number of likely N-dealkylation sites (N-methyl/N-ethyl adjacent to an activating group) is 1. The normalized spacial score (nSPS) is 12.8. The Balaban J connectivity index is 2.28. The number of halogens is 1. The van der Waals surface area contributed by atoms with E-state index in [4.69, 9.17) is 0 Å². The molecule has 0 amide bonds. The fourth-order valence-corrected chi connectivity index (χ4v) is 3.46. The van der Waals surface area contributed by atoms with Gasteiger partial charge in [-0.2, -0.15) is 13.8 Å². The highest BCUT2D eigenvalue weighted by molar-refractivity contribution is 9.10. The maximum Gasteiger partial charge on any atom is 0.0916 e. The van der Waals surface area contributed by atoms with Gasteiger partial charge in [0.15, 0.2) is 0 Å². The lowest BCUT2D eigenvalue weighted by atomic mass is 10.1. The van der Waals surface area contributed by atoms with Gasteiger partial charge in [-0.1, -0.05) is 13.8 Å². The van der Waals surface area contributed by atoms with E-state index in [1.165, 1.54) is 17.4 Å². The average Bonchev–Trinajstić information content (AvgIpc) is 3.07. The Morgan fingerprint density at radius 1 is 1.40 bits per heavy atom. The maximum atomic E-state index is 4.65. The highest BCUT2D eigenvalue weighted by Crippen LogP contribution is 2.27. The van der Waals surface area contributed by atoms with Crippen molar-refractivity contribution in [2.45, 2.75) is 46.2 Å². The average molecular weight is 358 g/mol. The molecule has 1 atom stereocenters. The molecule has 0 aliphatic rings. The minimum absolute atomic E-state index is 0.182. The fraction of sp³-hybridized carbons (Fsp3) is 0.615. The lowest BCUT2D eigenvalue weighted by Gasteiger charge is -2.16. The van der Waals surface area contributed by atoms with E-state index in [1.54, 1.807) is 0 Å². The van der Waals surface area contributed by atoms with Crippen LogP contribution in [0, 0.1) is 0 Å². The molecule has 110 valence electrons. The van der Waals surface area contributed by atoms with Crippen LogP contribution in [0.1, 0.15) is 43.9 Å². The molecule has 2 heterocycles. The number of hydrogen-bond acceptors (Lipinski definition) is 5.